The van der Waals surface area contributed by atoms with Crippen molar-refractivity contribution in [2.75, 3.05) is 0 Å². The first-order valence-electron chi connectivity index (χ1n) is 12.1. The maximum Gasteiger partial charge on any atom is 0.311 e. The van der Waals surface area contributed by atoms with Crippen molar-refractivity contribution in [1.29, 1.82) is 0 Å². The highest BCUT2D eigenvalue weighted by atomic mass is 35.5. The summed E-state index contributed by atoms with van der Waals surface area (Å²) in [6, 6.07) is 15.4. The minimum Gasteiger partial charge on any atom is -0.456 e. The number of ketones is 1. The van der Waals surface area contributed by atoms with E-state index >= 15 is 0 Å². The van der Waals surface area contributed by atoms with Crippen LogP contribution in [0.5, 0.6) is 0 Å². The van der Waals surface area contributed by atoms with Gasteiger partial charge >= 0.3 is 5.97 Å². The number of aryl methyl sites for hydroxylation is 2. The molecule has 178 valence electrons. The van der Waals surface area contributed by atoms with Crippen LogP contribution in [0.3, 0.4) is 0 Å². The fourth-order valence-corrected chi connectivity index (χ4v) is 5.14. The van der Waals surface area contributed by atoms with E-state index in [2.05, 4.69) is 19.1 Å². The van der Waals surface area contributed by atoms with E-state index in [0.717, 1.165) is 53.5 Å². The van der Waals surface area contributed by atoms with Gasteiger partial charge < -0.3 is 9.15 Å². The second-order valence-electron chi connectivity index (χ2n) is 9.22. The number of carbonyl (C=O) groups is 2. The number of Topliss-reactive ketones (excluding diaryl/α,β-unsaturated/α-hetero) is 1. The van der Waals surface area contributed by atoms with Crippen LogP contribution in [-0.2, 0) is 9.53 Å². The number of ether oxygens (including phenoxy) is 1. The molecule has 2 bridgehead atoms. The van der Waals surface area contributed by atoms with E-state index in [1.165, 1.54) is 0 Å². The van der Waals surface area contributed by atoms with Crippen molar-refractivity contribution in [3.8, 4) is 11.1 Å². The van der Waals surface area contributed by atoms with Gasteiger partial charge in [-0.3, -0.25) is 9.59 Å². The van der Waals surface area contributed by atoms with E-state index < -0.39 is 0 Å². The Morgan fingerprint density at radius 3 is 2.17 bits per heavy atom. The summed E-state index contributed by atoms with van der Waals surface area (Å²) in [5.41, 5.74) is 7.39. The first-order valence-corrected chi connectivity index (χ1v) is 12.5. The van der Waals surface area contributed by atoms with E-state index in [9.17, 15) is 9.59 Å². The zero-order valence-electron chi connectivity index (χ0n) is 20.2. The molecule has 0 saturated heterocycles. The Kier molecular flexibility index (Phi) is 6.24. The van der Waals surface area contributed by atoms with Crippen LogP contribution in [-0.4, -0.2) is 11.8 Å². The van der Waals surface area contributed by atoms with Crippen LogP contribution in [0.2, 0.25) is 5.02 Å². The molecule has 1 aliphatic rings. The van der Waals surface area contributed by atoms with E-state index in [0.29, 0.717) is 45.1 Å². The van der Waals surface area contributed by atoms with Gasteiger partial charge in [0.05, 0.1) is 16.7 Å². The summed E-state index contributed by atoms with van der Waals surface area (Å²) in [4.78, 5) is 26.5. The van der Waals surface area contributed by atoms with Gasteiger partial charge in [0, 0.05) is 11.4 Å². The summed E-state index contributed by atoms with van der Waals surface area (Å²) in [6.45, 7) is 6.10. The van der Waals surface area contributed by atoms with Gasteiger partial charge in [-0.05, 0) is 72.4 Å². The molecule has 4 nitrogen and oxygen atoms in total. The molecule has 2 heterocycles. The molecule has 5 rings (SSSR count). The number of benzene rings is 3. The average Bonchev–Trinajstić information content (AvgIpc) is 3.51. The number of unbranched alkanes of at least 4 members (excludes halogenated alkanes) is 3. The summed E-state index contributed by atoms with van der Waals surface area (Å²) >= 11 is 6.06. The molecule has 0 radical (unpaired) electrons. The molecule has 2 aromatic heterocycles. The molecule has 0 unspecified atom stereocenters. The number of allylic oxidation sites excluding steroid dienone is 1. The molecule has 0 fully saturated rings. The molecule has 2 aromatic carbocycles. The SMILES string of the molecule is CCCCCCC(=O)OC1=C(c2c(C)cc(-c3ccc(Cl)cc3)cc2C)C(=O)c2c1c1ccc2o1. The number of rotatable bonds is 8. The molecule has 5 heteroatoms. The van der Waals surface area contributed by atoms with Crippen molar-refractivity contribution >= 4 is 45.9 Å². The Morgan fingerprint density at radius 1 is 0.857 bits per heavy atom. The fourth-order valence-electron chi connectivity index (χ4n) is 5.01. The third-order valence-electron chi connectivity index (χ3n) is 6.67. The number of furan rings is 2. The first-order chi connectivity index (χ1) is 16.9. The van der Waals surface area contributed by atoms with Crippen LogP contribution in [0.4, 0.5) is 0 Å². The van der Waals surface area contributed by atoms with Gasteiger partial charge in [0.25, 0.3) is 0 Å². The first kappa shape index (κ1) is 23.4. The Labute approximate surface area is 209 Å². The number of hydrogen-bond donors (Lipinski definition) is 0. The molecule has 0 atom stereocenters. The Hall–Kier alpha value is -3.37. The Balaban J connectivity index is 1.57. The summed E-state index contributed by atoms with van der Waals surface area (Å²) in [7, 11) is 0. The molecule has 0 saturated carbocycles. The number of carbonyl (C=O) groups excluding carboxylic acids is 2. The van der Waals surface area contributed by atoms with Crippen LogP contribution in [0.1, 0.15) is 71.6 Å². The third-order valence-corrected chi connectivity index (χ3v) is 6.92. The standard InChI is InChI=1S/C30H27ClO4/c1-4-5-6-7-8-24(32)35-30-27-23-14-13-22(34-23)26(27)29(33)28(30)25-17(2)15-20(16-18(25)3)19-9-11-21(31)12-10-19/h9-16H,4-8H2,1-3H3. The van der Waals surface area contributed by atoms with Crippen molar-refractivity contribution in [2.24, 2.45) is 0 Å². The number of halogens is 1. The Bertz CT molecular complexity index is 1430. The van der Waals surface area contributed by atoms with Crippen LogP contribution >= 0.6 is 11.6 Å². The summed E-state index contributed by atoms with van der Waals surface area (Å²) < 4.78 is 11.7. The van der Waals surface area contributed by atoms with Crippen LogP contribution in [0.25, 0.3) is 33.6 Å². The topological polar surface area (TPSA) is 56.5 Å². The number of hydrogen-bond acceptors (Lipinski definition) is 4. The lowest BCUT2D eigenvalue weighted by Crippen LogP contribution is -2.07. The van der Waals surface area contributed by atoms with E-state index in [4.69, 9.17) is 20.8 Å². The maximum atomic E-state index is 13.7. The number of esters is 1. The quantitative estimate of drug-likeness (QED) is 0.185. The second-order valence-corrected chi connectivity index (χ2v) is 9.66. The molecular weight excluding hydrogens is 460 g/mol. The van der Waals surface area contributed by atoms with Crippen molar-refractivity contribution in [2.45, 2.75) is 52.9 Å². The molecule has 4 aromatic rings. The molecule has 0 N–H and O–H groups in total. The largest absolute Gasteiger partial charge is 0.456 e. The maximum absolute atomic E-state index is 13.7. The van der Waals surface area contributed by atoms with Gasteiger partial charge in [0.15, 0.2) is 5.76 Å². The average molecular weight is 487 g/mol. The summed E-state index contributed by atoms with van der Waals surface area (Å²) in [5, 5.41) is 0.683. The molecule has 0 aliphatic heterocycles. The van der Waals surface area contributed by atoms with E-state index in [1.54, 1.807) is 6.07 Å². The molecule has 0 spiro atoms. The van der Waals surface area contributed by atoms with Crippen LogP contribution < -0.4 is 0 Å². The zero-order chi connectivity index (χ0) is 24.7. The predicted octanol–water partition coefficient (Wildman–Crippen LogP) is 8.39. The smallest absolute Gasteiger partial charge is 0.311 e. The summed E-state index contributed by atoms with van der Waals surface area (Å²) in [5.74, 6) is -0.153. The minimum atomic E-state index is -0.319. The van der Waals surface area contributed by atoms with Crippen molar-refractivity contribution in [1.82, 2.24) is 0 Å². The van der Waals surface area contributed by atoms with Crippen LogP contribution in [0.15, 0.2) is 52.9 Å². The Morgan fingerprint density at radius 2 is 1.51 bits per heavy atom. The lowest BCUT2D eigenvalue weighted by Gasteiger charge is -2.15. The van der Waals surface area contributed by atoms with E-state index in [1.807, 2.05) is 44.2 Å². The lowest BCUT2D eigenvalue weighted by molar-refractivity contribution is -0.136. The van der Waals surface area contributed by atoms with Crippen molar-refractivity contribution in [3.05, 3.63) is 81.4 Å². The molecule has 35 heavy (non-hydrogen) atoms. The normalized spacial score (nSPS) is 13.2. The lowest BCUT2D eigenvalue weighted by atomic mass is 9.90. The minimum absolute atomic E-state index is 0.159. The monoisotopic (exact) mass is 486 g/mol. The van der Waals surface area contributed by atoms with Gasteiger partial charge in [-0.25, -0.2) is 0 Å². The highest BCUT2D eigenvalue weighted by Gasteiger charge is 2.40. The predicted molar refractivity (Wildman–Crippen MR) is 140 cm³/mol. The highest BCUT2D eigenvalue weighted by Crippen LogP contribution is 2.47. The highest BCUT2D eigenvalue weighted by molar-refractivity contribution is 6.43. The molecular formula is C30H27ClO4. The third kappa shape index (κ3) is 4.17. The van der Waals surface area contributed by atoms with Gasteiger partial charge in [-0.1, -0.05) is 62.1 Å². The van der Waals surface area contributed by atoms with Gasteiger partial charge in [-0.15, -0.1) is 0 Å². The van der Waals surface area contributed by atoms with Crippen LogP contribution in [0, 0.1) is 13.8 Å². The summed E-state index contributed by atoms with van der Waals surface area (Å²) in [6.07, 6.45) is 4.26. The van der Waals surface area contributed by atoms with Crippen molar-refractivity contribution in [3.63, 3.8) is 0 Å². The fraction of sp³-hybridized carbons (Fsp3) is 0.267. The zero-order valence-corrected chi connectivity index (χ0v) is 20.9. The molecule has 1 aliphatic carbocycles. The molecule has 0 amide bonds. The van der Waals surface area contributed by atoms with Gasteiger partial charge in [0.1, 0.15) is 11.2 Å². The van der Waals surface area contributed by atoms with E-state index in [-0.39, 0.29) is 11.8 Å². The van der Waals surface area contributed by atoms with Gasteiger partial charge in [0.2, 0.25) is 5.78 Å². The second kappa shape index (κ2) is 9.35. The number of fused-ring (bicyclic) bond motifs is 5. The van der Waals surface area contributed by atoms with Gasteiger partial charge in [-0.2, -0.15) is 0 Å². The van der Waals surface area contributed by atoms with Crippen molar-refractivity contribution < 1.29 is 18.7 Å².